The maximum absolute atomic E-state index is 10.3. The van der Waals surface area contributed by atoms with Crippen LogP contribution in [0.25, 0.3) is 10.4 Å². The molecule has 0 aliphatic heterocycles. The largest absolute Gasteiger partial charge is 0.379 e. The lowest BCUT2D eigenvalue weighted by atomic mass is 10.3. The summed E-state index contributed by atoms with van der Waals surface area (Å²) < 4.78 is 0. The van der Waals surface area contributed by atoms with Gasteiger partial charge in [-0.05, 0) is 17.7 Å². The maximum atomic E-state index is 10.3. The molecule has 0 unspecified atom stereocenters. The lowest BCUT2D eigenvalue weighted by Crippen LogP contribution is -1.97. The lowest BCUT2D eigenvalue weighted by molar-refractivity contribution is -0.384. The highest BCUT2D eigenvalue weighted by atomic mass is 16.6. The standard InChI is InChI=1S/C7H7N5O2/c8-11-10-5-9-6-1-3-7(4-2-6)12(13)14/h1-4,9H,5H2. The van der Waals surface area contributed by atoms with E-state index in [-0.39, 0.29) is 12.4 Å². The first kappa shape index (κ1) is 9.82. The van der Waals surface area contributed by atoms with Crippen molar-refractivity contribution in [2.75, 3.05) is 12.0 Å². The van der Waals surface area contributed by atoms with Crippen LogP contribution in [-0.4, -0.2) is 11.6 Å². The molecule has 72 valence electrons. The van der Waals surface area contributed by atoms with Crippen molar-refractivity contribution in [1.82, 2.24) is 0 Å². The minimum absolute atomic E-state index is 0.0272. The molecule has 0 fully saturated rings. The van der Waals surface area contributed by atoms with Gasteiger partial charge in [0.25, 0.3) is 5.69 Å². The van der Waals surface area contributed by atoms with Gasteiger partial charge in [0.2, 0.25) is 0 Å². The highest BCUT2D eigenvalue weighted by molar-refractivity contribution is 5.48. The summed E-state index contributed by atoms with van der Waals surface area (Å²) in [5.74, 6) is 0. The number of hydrogen-bond donors (Lipinski definition) is 1. The molecule has 0 spiro atoms. The molecule has 7 nitrogen and oxygen atoms in total. The van der Waals surface area contributed by atoms with E-state index in [4.69, 9.17) is 5.53 Å². The number of nitrogens with zero attached hydrogens (tertiary/aromatic N) is 4. The lowest BCUT2D eigenvalue weighted by Gasteiger charge is -2.00. The van der Waals surface area contributed by atoms with Crippen molar-refractivity contribution in [3.8, 4) is 0 Å². The van der Waals surface area contributed by atoms with Crippen LogP contribution in [0.15, 0.2) is 29.4 Å². The number of benzene rings is 1. The SMILES string of the molecule is [N-]=[N+]=NCNc1ccc([N+](=O)[O-])cc1. The summed E-state index contributed by atoms with van der Waals surface area (Å²) in [6.07, 6.45) is 0. The topological polar surface area (TPSA) is 104 Å². The Hall–Kier alpha value is -2.27. The van der Waals surface area contributed by atoms with E-state index < -0.39 is 4.92 Å². The van der Waals surface area contributed by atoms with E-state index in [1.807, 2.05) is 0 Å². The predicted molar refractivity (Wildman–Crippen MR) is 50.7 cm³/mol. The van der Waals surface area contributed by atoms with E-state index in [2.05, 4.69) is 15.3 Å². The van der Waals surface area contributed by atoms with Gasteiger partial charge in [-0.15, -0.1) is 0 Å². The van der Waals surface area contributed by atoms with Crippen LogP contribution >= 0.6 is 0 Å². The van der Waals surface area contributed by atoms with Gasteiger partial charge in [-0.25, -0.2) is 0 Å². The number of non-ortho nitro benzene ring substituents is 1. The Morgan fingerprint density at radius 3 is 2.64 bits per heavy atom. The fourth-order valence-electron chi connectivity index (χ4n) is 0.859. The summed E-state index contributed by atoms with van der Waals surface area (Å²) in [5, 5.41) is 16.3. The summed E-state index contributed by atoms with van der Waals surface area (Å²) in [6.45, 7) is 0.119. The quantitative estimate of drug-likeness (QED) is 0.260. The molecule has 0 atom stereocenters. The van der Waals surface area contributed by atoms with Crippen molar-refractivity contribution in [1.29, 1.82) is 0 Å². The van der Waals surface area contributed by atoms with Crippen molar-refractivity contribution >= 4 is 11.4 Å². The van der Waals surface area contributed by atoms with Crippen LogP contribution in [0.2, 0.25) is 0 Å². The second kappa shape index (κ2) is 4.68. The number of nitrogens with one attached hydrogen (secondary N) is 1. The molecule has 0 bridgehead atoms. The number of hydrogen-bond acceptors (Lipinski definition) is 4. The van der Waals surface area contributed by atoms with Crippen LogP contribution in [-0.2, 0) is 0 Å². The van der Waals surface area contributed by atoms with Crippen LogP contribution in [0, 0.1) is 10.1 Å². The zero-order valence-corrected chi connectivity index (χ0v) is 7.12. The molecule has 0 amide bonds. The van der Waals surface area contributed by atoms with Gasteiger partial charge < -0.3 is 5.32 Å². The summed E-state index contributed by atoms with van der Waals surface area (Å²) in [5.41, 5.74) is 8.69. The molecule has 1 aromatic rings. The fraction of sp³-hybridized carbons (Fsp3) is 0.143. The Labute approximate surface area is 79.1 Å². The van der Waals surface area contributed by atoms with Crippen molar-refractivity contribution in [3.63, 3.8) is 0 Å². The normalized spacial score (nSPS) is 8.86. The van der Waals surface area contributed by atoms with Gasteiger partial charge in [0, 0.05) is 22.7 Å². The van der Waals surface area contributed by atoms with E-state index in [1.165, 1.54) is 12.1 Å². The van der Waals surface area contributed by atoms with E-state index in [1.54, 1.807) is 12.1 Å². The maximum Gasteiger partial charge on any atom is 0.269 e. The Kier molecular flexibility index (Phi) is 3.28. The smallest absolute Gasteiger partial charge is 0.269 e. The number of rotatable bonds is 4. The number of nitro benzene ring substituents is 1. The Balaban J connectivity index is 2.64. The van der Waals surface area contributed by atoms with E-state index in [9.17, 15) is 10.1 Å². The highest BCUT2D eigenvalue weighted by Gasteiger charge is 2.02. The third-order valence-electron chi connectivity index (χ3n) is 1.50. The van der Waals surface area contributed by atoms with E-state index >= 15 is 0 Å². The molecule has 1 N–H and O–H groups in total. The van der Waals surface area contributed by atoms with Gasteiger partial charge in [0.05, 0.1) is 11.6 Å². The molecular formula is C7H7N5O2. The molecule has 0 saturated carbocycles. The van der Waals surface area contributed by atoms with Gasteiger partial charge in [-0.1, -0.05) is 5.11 Å². The molecule has 0 saturated heterocycles. The van der Waals surface area contributed by atoms with Gasteiger partial charge in [0.15, 0.2) is 0 Å². The molecular weight excluding hydrogens is 186 g/mol. The molecule has 0 heterocycles. The van der Waals surface area contributed by atoms with Crippen LogP contribution in [0.5, 0.6) is 0 Å². The van der Waals surface area contributed by atoms with Crippen LogP contribution in [0.1, 0.15) is 0 Å². The fourth-order valence-corrected chi connectivity index (χ4v) is 0.859. The number of nitro groups is 1. The molecule has 14 heavy (non-hydrogen) atoms. The van der Waals surface area contributed by atoms with Gasteiger partial charge >= 0.3 is 0 Å². The van der Waals surface area contributed by atoms with E-state index in [0.29, 0.717) is 5.69 Å². The first-order valence-corrected chi connectivity index (χ1v) is 3.73. The zero-order chi connectivity index (χ0) is 10.4. The number of azide groups is 1. The zero-order valence-electron chi connectivity index (χ0n) is 7.12. The van der Waals surface area contributed by atoms with Crippen LogP contribution in [0.3, 0.4) is 0 Å². The predicted octanol–water partition coefficient (Wildman–Crippen LogP) is 2.27. The van der Waals surface area contributed by atoms with Crippen molar-refractivity contribution in [3.05, 3.63) is 44.8 Å². The summed E-state index contributed by atoms with van der Waals surface area (Å²) in [6, 6.07) is 5.84. The summed E-state index contributed by atoms with van der Waals surface area (Å²) in [4.78, 5) is 12.4. The minimum atomic E-state index is -0.475. The molecule has 1 aromatic carbocycles. The van der Waals surface area contributed by atoms with Crippen LogP contribution in [0.4, 0.5) is 11.4 Å². The van der Waals surface area contributed by atoms with Crippen molar-refractivity contribution < 1.29 is 4.92 Å². The van der Waals surface area contributed by atoms with Gasteiger partial charge in [0.1, 0.15) is 0 Å². The third kappa shape index (κ3) is 2.65. The Bertz CT molecular complexity index is 368. The monoisotopic (exact) mass is 193 g/mol. The molecule has 0 aromatic heterocycles. The Morgan fingerprint density at radius 2 is 2.14 bits per heavy atom. The molecule has 0 radical (unpaired) electrons. The third-order valence-corrected chi connectivity index (χ3v) is 1.50. The number of anilines is 1. The summed E-state index contributed by atoms with van der Waals surface area (Å²) in [7, 11) is 0. The molecule has 0 aliphatic carbocycles. The second-order valence-corrected chi connectivity index (χ2v) is 2.37. The first-order chi connectivity index (χ1) is 6.74. The van der Waals surface area contributed by atoms with Gasteiger partial charge in [-0.2, -0.15) is 0 Å². The first-order valence-electron chi connectivity index (χ1n) is 3.73. The van der Waals surface area contributed by atoms with Crippen molar-refractivity contribution in [2.24, 2.45) is 5.11 Å². The molecule has 0 aliphatic rings. The minimum Gasteiger partial charge on any atom is -0.379 e. The second-order valence-electron chi connectivity index (χ2n) is 2.37. The highest BCUT2D eigenvalue weighted by Crippen LogP contribution is 2.14. The summed E-state index contributed by atoms with van der Waals surface area (Å²) >= 11 is 0. The molecule has 7 heteroatoms. The Morgan fingerprint density at radius 1 is 1.50 bits per heavy atom. The molecule has 1 rings (SSSR count). The van der Waals surface area contributed by atoms with Gasteiger partial charge in [-0.3, -0.25) is 10.1 Å². The van der Waals surface area contributed by atoms with Crippen molar-refractivity contribution in [2.45, 2.75) is 0 Å². The average molecular weight is 193 g/mol. The van der Waals surface area contributed by atoms with E-state index in [0.717, 1.165) is 0 Å². The average Bonchev–Trinajstić information content (AvgIpc) is 2.19. The van der Waals surface area contributed by atoms with Crippen LogP contribution < -0.4 is 5.32 Å².